The summed E-state index contributed by atoms with van der Waals surface area (Å²) in [6.45, 7) is 1.57. The topological polar surface area (TPSA) is 49.4 Å². The predicted molar refractivity (Wildman–Crippen MR) is 85.3 cm³/mol. The molecule has 1 aliphatic rings. The van der Waals surface area contributed by atoms with Crippen molar-refractivity contribution in [3.8, 4) is 0 Å². The smallest absolute Gasteiger partial charge is 0.244 e. The van der Waals surface area contributed by atoms with Crippen molar-refractivity contribution in [1.82, 2.24) is 9.62 Å². The molecular weight excluding hydrogens is 419 g/mol. The predicted octanol–water partition coefficient (Wildman–Crippen LogP) is 2.62. The molecule has 1 unspecified atom stereocenters. The van der Waals surface area contributed by atoms with Gasteiger partial charge in [-0.3, -0.25) is 0 Å². The third-order valence-electron chi connectivity index (χ3n) is 3.10. The molecule has 1 heterocycles. The maximum absolute atomic E-state index is 12.5. The first-order chi connectivity index (χ1) is 8.43. The van der Waals surface area contributed by atoms with Gasteiger partial charge in [0.15, 0.2) is 0 Å². The van der Waals surface area contributed by atoms with Gasteiger partial charge in [-0.1, -0.05) is 15.9 Å². The molecule has 1 aromatic carbocycles. The van der Waals surface area contributed by atoms with Crippen LogP contribution in [-0.2, 0) is 10.0 Å². The van der Waals surface area contributed by atoms with E-state index in [4.69, 9.17) is 0 Å². The van der Waals surface area contributed by atoms with Crippen LogP contribution >= 0.6 is 44.3 Å². The average molecular weight is 435 g/mol. The van der Waals surface area contributed by atoms with Crippen LogP contribution in [0.5, 0.6) is 0 Å². The summed E-state index contributed by atoms with van der Waals surface area (Å²) in [5.74, 6) is 0. The lowest BCUT2D eigenvalue weighted by Crippen LogP contribution is -2.38. The molecule has 0 saturated carbocycles. The highest BCUT2D eigenvalue weighted by Crippen LogP contribution is 2.29. The summed E-state index contributed by atoms with van der Waals surface area (Å²) in [6.07, 6.45) is 0.849. The average Bonchev–Trinajstić information content (AvgIpc) is 2.84. The van der Waals surface area contributed by atoms with Crippen LogP contribution in [0.4, 0.5) is 0 Å². The van der Waals surface area contributed by atoms with E-state index in [-0.39, 0.29) is 18.4 Å². The molecule has 4 nitrogen and oxygen atoms in total. The van der Waals surface area contributed by atoms with Crippen molar-refractivity contribution in [3.05, 3.63) is 27.1 Å². The van der Waals surface area contributed by atoms with Gasteiger partial charge in [0.1, 0.15) is 0 Å². The monoisotopic (exact) mass is 432 g/mol. The Hall–Kier alpha value is 0.340. The van der Waals surface area contributed by atoms with E-state index in [1.165, 1.54) is 4.31 Å². The van der Waals surface area contributed by atoms with Crippen molar-refractivity contribution in [3.63, 3.8) is 0 Å². The van der Waals surface area contributed by atoms with Crippen LogP contribution in [0.15, 0.2) is 32.0 Å². The van der Waals surface area contributed by atoms with Gasteiger partial charge in [-0.15, -0.1) is 12.4 Å². The molecule has 0 radical (unpaired) electrons. The number of halogens is 3. The summed E-state index contributed by atoms with van der Waals surface area (Å²) in [7, 11) is -1.82. The number of hydrogen-bond acceptors (Lipinski definition) is 3. The molecule has 1 aromatic rings. The zero-order chi connectivity index (χ0) is 13.3. The minimum absolute atomic E-state index is 0. The van der Waals surface area contributed by atoms with Crippen LogP contribution in [0, 0.1) is 0 Å². The van der Waals surface area contributed by atoms with Crippen molar-refractivity contribution >= 4 is 54.3 Å². The minimum atomic E-state index is -3.46. The van der Waals surface area contributed by atoms with Crippen LogP contribution in [-0.4, -0.2) is 38.9 Å². The van der Waals surface area contributed by atoms with Crippen LogP contribution in [0.3, 0.4) is 0 Å². The van der Waals surface area contributed by atoms with Crippen molar-refractivity contribution in [2.45, 2.75) is 17.4 Å². The summed E-state index contributed by atoms with van der Waals surface area (Å²) in [4.78, 5) is 0.297. The van der Waals surface area contributed by atoms with E-state index in [1.54, 1.807) is 25.2 Å². The summed E-state index contributed by atoms with van der Waals surface area (Å²) in [5, 5.41) is 3.18. The van der Waals surface area contributed by atoms with Crippen molar-refractivity contribution < 1.29 is 8.42 Å². The largest absolute Gasteiger partial charge is 0.315 e. The number of rotatable bonds is 3. The van der Waals surface area contributed by atoms with Gasteiger partial charge in [-0.25, -0.2) is 8.42 Å². The van der Waals surface area contributed by atoms with Crippen molar-refractivity contribution in [1.29, 1.82) is 0 Å². The maximum Gasteiger partial charge on any atom is 0.244 e. The molecule has 1 fully saturated rings. The van der Waals surface area contributed by atoms with Gasteiger partial charge in [0.25, 0.3) is 0 Å². The Morgan fingerprint density at radius 3 is 2.63 bits per heavy atom. The van der Waals surface area contributed by atoms with E-state index in [2.05, 4.69) is 37.2 Å². The van der Waals surface area contributed by atoms with Crippen LogP contribution in [0.1, 0.15) is 6.42 Å². The van der Waals surface area contributed by atoms with Crippen LogP contribution < -0.4 is 5.32 Å². The molecular formula is C11H15Br2ClN2O2S. The first-order valence-electron chi connectivity index (χ1n) is 5.57. The second kappa shape index (κ2) is 6.87. The Morgan fingerprint density at radius 2 is 2.05 bits per heavy atom. The minimum Gasteiger partial charge on any atom is -0.315 e. The van der Waals surface area contributed by atoms with E-state index in [9.17, 15) is 8.42 Å². The Morgan fingerprint density at radius 1 is 1.37 bits per heavy atom. The molecule has 0 aliphatic carbocycles. The molecule has 0 bridgehead atoms. The zero-order valence-electron chi connectivity index (χ0n) is 10.3. The molecule has 1 N–H and O–H groups in total. The van der Waals surface area contributed by atoms with Gasteiger partial charge in [-0.2, -0.15) is 4.31 Å². The van der Waals surface area contributed by atoms with Crippen LogP contribution in [0.25, 0.3) is 0 Å². The number of nitrogens with one attached hydrogen (secondary N) is 1. The fraction of sp³-hybridized carbons (Fsp3) is 0.455. The standard InChI is InChI=1S/C11H14Br2N2O2S.ClH/c1-15(9-4-5-14-7-9)18(16,17)11-6-8(12)2-3-10(11)13;/h2-3,6,9,14H,4-5,7H2,1H3;1H. The first kappa shape index (κ1) is 17.4. The van der Waals surface area contributed by atoms with E-state index >= 15 is 0 Å². The quantitative estimate of drug-likeness (QED) is 0.796. The molecule has 0 aromatic heterocycles. The molecule has 0 spiro atoms. The third kappa shape index (κ3) is 3.71. The number of likely N-dealkylation sites (N-methyl/N-ethyl adjacent to an activating group) is 1. The normalized spacial score (nSPS) is 19.5. The molecule has 8 heteroatoms. The molecule has 1 aliphatic heterocycles. The fourth-order valence-corrected chi connectivity index (χ4v) is 4.82. The van der Waals surface area contributed by atoms with Crippen molar-refractivity contribution in [2.75, 3.05) is 20.1 Å². The van der Waals surface area contributed by atoms with Crippen molar-refractivity contribution in [2.24, 2.45) is 0 Å². The second-order valence-corrected chi connectivity index (χ2v) is 7.98. The van der Waals surface area contributed by atoms with E-state index in [1.807, 2.05) is 0 Å². The van der Waals surface area contributed by atoms with Gasteiger partial charge in [0, 0.05) is 28.6 Å². The second-order valence-electron chi connectivity index (χ2n) is 4.24. The van der Waals surface area contributed by atoms with E-state index in [0.717, 1.165) is 17.4 Å². The zero-order valence-corrected chi connectivity index (χ0v) is 15.1. The van der Waals surface area contributed by atoms with Gasteiger partial charge in [0.05, 0.1) is 4.90 Å². The molecule has 108 valence electrons. The Kier molecular flexibility index (Phi) is 6.28. The Labute approximate surface area is 136 Å². The van der Waals surface area contributed by atoms with Crippen LogP contribution in [0.2, 0.25) is 0 Å². The van der Waals surface area contributed by atoms with E-state index in [0.29, 0.717) is 15.9 Å². The number of benzene rings is 1. The van der Waals surface area contributed by atoms with Gasteiger partial charge >= 0.3 is 0 Å². The molecule has 0 amide bonds. The highest BCUT2D eigenvalue weighted by molar-refractivity contribution is 9.11. The number of nitrogens with zero attached hydrogens (tertiary/aromatic N) is 1. The SMILES string of the molecule is CN(C1CCNC1)S(=O)(=O)c1cc(Br)ccc1Br.Cl. The fourth-order valence-electron chi connectivity index (χ4n) is 1.98. The number of sulfonamides is 1. The highest BCUT2D eigenvalue weighted by atomic mass is 79.9. The highest BCUT2D eigenvalue weighted by Gasteiger charge is 2.31. The Bertz CT molecular complexity index is 548. The lowest BCUT2D eigenvalue weighted by atomic mass is 10.3. The molecule has 1 saturated heterocycles. The maximum atomic E-state index is 12.5. The third-order valence-corrected chi connectivity index (χ3v) is 6.50. The lowest BCUT2D eigenvalue weighted by Gasteiger charge is -2.23. The van der Waals surface area contributed by atoms with Gasteiger partial charge in [-0.05, 0) is 47.1 Å². The number of hydrogen-bond donors (Lipinski definition) is 1. The molecule has 19 heavy (non-hydrogen) atoms. The van der Waals surface area contributed by atoms with Gasteiger partial charge in [0.2, 0.25) is 10.0 Å². The molecule has 1 atom stereocenters. The summed E-state index contributed by atoms with van der Waals surface area (Å²) >= 11 is 6.61. The first-order valence-corrected chi connectivity index (χ1v) is 8.59. The summed E-state index contributed by atoms with van der Waals surface area (Å²) in [6, 6.07) is 5.19. The van der Waals surface area contributed by atoms with E-state index < -0.39 is 10.0 Å². The summed E-state index contributed by atoms with van der Waals surface area (Å²) in [5.41, 5.74) is 0. The van der Waals surface area contributed by atoms with Gasteiger partial charge < -0.3 is 5.32 Å². The lowest BCUT2D eigenvalue weighted by molar-refractivity contribution is 0.387. The molecule has 2 rings (SSSR count). The Balaban J connectivity index is 0.00000180. The summed E-state index contributed by atoms with van der Waals surface area (Å²) < 4.78 is 27.9.